The van der Waals surface area contributed by atoms with Crippen molar-refractivity contribution < 1.29 is 40.5 Å². The first kappa shape index (κ1) is 27.2. The van der Waals surface area contributed by atoms with Gasteiger partial charge in [0.05, 0.1) is 41.7 Å². The van der Waals surface area contributed by atoms with Gasteiger partial charge < -0.3 is 35.7 Å². The van der Waals surface area contributed by atoms with E-state index < -0.39 is 64.4 Å². The van der Waals surface area contributed by atoms with E-state index in [1.165, 1.54) is 6.92 Å². The summed E-state index contributed by atoms with van der Waals surface area (Å²) in [5.74, 6) is -1.08. The maximum atomic E-state index is 13.3. The Morgan fingerprint density at radius 3 is 2.37 bits per heavy atom. The fourth-order valence-corrected chi connectivity index (χ4v) is 8.36. The van der Waals surface area contributed by atoms with E-state index in [2.05, 4.69) is 0 Å². The molecule has 0 heterocycles. The van der Waals surface area contributed by atoms with Gasteiger partial charge in [-0.3, -0.25) is 4.79 Å². The Hall–Kier alpha value is -0.870. The van der Waals surface area contributed by atoms with Gasteiger partial charge in [-0.1, -0.05) is 13.8 Å². The van der Waals surface area contributed by atoms with Gasteiger partial charge in [-0.05, 0) is 94.1 Å². The van der Waals surface area contributed by atoms with E-state index >= 15 is 0 Å². The van der Waals surface area contributed by atoms with Gasteiger partial charge in [-0.15, -0.1) is 0 Å². The lowest BCUT2D eigenvalue weighted by Crippen LogP contribution is -2.62. The minimum Gasteiger partial charge on any atom is -0.393 e. The lowest BCUT2D eigenvalue weighted by molar-refractivity contribution is -0.177. The molecule has 4 aliphatic rings. The van der Waals surface area contributed by atoms with Crippen molar-refractivity contribution >= 4 is 5.78 Å². The molecule has 4 rings (SSSR count). The van der Waals surface area contributed by atoms with Gasteiger partial charge in [0.2, 0.25) is 0 Å². The quantitative estimate of drug-likeness (QED) is 0.285. The first-order chi connectivity index (χ1) is 16.0. The number of hydrogen-bond donors (Lipinski definition) is 7. The summed E-state index contributed by atoms with van der Waals surface area (Å²) in [5, 5.41) is 74.9. The molecule has 3 fully saturated rings. The third-order valence-electron chi connectivity index (χ3n) is 10.8. The zero-order valence-electron chi connectivity index (χ0n) is 21.4. The average Bonchev–Trinajstić information content (AvgIpc) is 3.06. The van der Waals surface area contributed by atoms with Crippen molar-refractivity contribution in [1.82, 2.24) is 0 Å². The number of ketones is 1. The molecule has 0 radical (unpaired) electrons. The van der Waals surface area contributed by atoms with Crippen LogP contribution in [-0.2, 0) is 4.79 Å². The van der Waals surface area contributed by atoms with Crippen molar-refractivity contribution in [2.45, 2.75) is 114 Å². The molecule has 0 aromatic heterocycles. The molecule has 8 nitrogen and oxygen atoms in total. The standard InChI is InChI=1S/C27H44O8/c1-23(33,14-28)8-7-22(32)26(4,34)21-6-10-27(35)16-11-18(29)17-12-19(30)20(31)13-24(17,2)15(16)5-9-25(21,27)3/h11,15,17,19-22,28,30-35H,5-10,12-14H2,1-4H3/t15?,17-,19-,20-,21-,22+,23?,24+,25+,26+,27+/m0/s1. The number of allylic oxidation sites excluding steroid dienone is 1. The second-order valence-corrected chi connectivity index (χ2v) is 13.0. The molecule has 35 heavy (non-hydrogen) atoms. The third-order valence-corrected chi connectivity index (χ3v) is 10.8. The van der Waals surface area contributed by atoms with Crippen LogP contribution in [0.25, 0.3) is 0 Å². The number of fused-ring (bicyclic) bond motifs is 5. The Labute approximate surface area is 207 Å². The van der Waals surface area contributed by atoms with Crippen molar-refractivity contribution in [3.8, 4) is 0 Å². The first-order valence-electron chi connectivity index (χ1n) is 13.1. The topological polar surface area (TPSA) is 159 Å². The van der Waals surface area contributed by atoms with Crippen molar-refractivity contribution in [1.29, 1.82) is 0 Å². The highest BCUT2D eigenvalue weighted by molar-refractivity contribution is 5.95. The van der Waals surface area contributed by atoms with Gasteiger partial charge in [-0.25, -0.2) is 0 Å². The maximum absolute atomic E-state index is 13.3. The molecule has 200 valence electrons. The van der Waals surface area contributed by atoms with Crippen LogP contribution in [0.5, 0.6) is 0 Å². The number of rotatable bonds is 6. The number of carbonyl (C=O) groups is 1. The number of carbonyl (C=O) groups excluding carboxylic acids is 1. The van der Waals surface area contributed by atoms with E-state index in [1.807, 2.05) is 13.8 Å². The summed E-state index contributed by atoms with van der Waals surface area (Å²) in [5.41, 5.74) is -4.90. The zero-order chi connectivity index (χ0) is 26.2. The monoisotopic (exact) mass is 496 g/mol. The van der Waals surface area contributed by atoms with Gasteiger partial charge in [0.15, 0.2) is 5.78 Å². The van der Waals surface area contributed by atoms with E-state index in [9.17, 15) is 40.5 Å². The molecule has 0 spiro atoms. The van der Waals surface area contributed by atoms with Crippen LogP contribution in [0.4, 0.5) is 0 Å². The van der Waals surface area contributed by atoms with Crippen LogP contribution in [0, 0.1) is 28.6 Å². The molecule has 3 saturated carbocycles. The summed E-state index contributed by atoms with van der Waals surface area (Å²) in [6.45, 7) is 6.54. The minimum absolute atomic E-state index is 0.0926. The number of aliphatic hydroxyl groups is 7. The molecule has 8 heteroatoms. The highest BCUT2D eigenvalue weighted by atomic mass is 16.3. The van der Waals surface area contributed by atoms with Crippen LogP contribution < -0.4 is 0 Å². The lowest BCUT2D eigenvalue weighted by Gasteiger charge is -2.60. The Bertz CT molecular complexity index is 882. The first-order valence-corrected chi connectivity index (χ1v) is 13.1. The molecule has 4 aliphatic carbocycles. The molecule has 7 N–H and O–H groups in total. The maximum Gasteiger partial charge on any atom is 0.159 e. The molecule has 11 atom stereocenters. The molecule has 0 aromatic carbocycles. The molecular weight excluding hydrogens is 452 g/mol. The zero-order valence-corrected chi connectivity index (χ0v) is 21.4. The summed E-state index contributed by atoms with van der Waals surface area (Å²) in [4.78, 5) is 13.3. The Kier molecular flexibility index (Phi) is 6.66. The predicted octanol–water partition coefficient (Wildman–Crippen LogP) is 0.826. The van der Waals surface area contributed by atoms with Crippen LogP contribution in [0.3, 0.4) is 0 Å². The largest absolute Gasteiger partial charge is 0.393 e. The van der Waals surface area contributed by atoms with Crippen LogP contribution in [0.2, 0.25) is 0 Å². The van der Waals surface area contributed by atoms with E-state index in [4.69, 9.17) is 0 Å². The summed E-state index contributed by atoms with van der Waals surface area (Å²) in [6.07, 6.45) is 1.37. The van der Waals surface area contributed by atoms with Gasteiger partial charge in [-0.2, -0.15) is 0 Å². The molecule has 0 amide bonds. The normalized spacial score (nSPS) is 47.6. The summed E-state index contributed by atoms with van der Waals surface area (Å²) < 4.78 is 0. The van der Waals surface area contributed by atoms with Crippen molar-refractivity contribution in [3.05, 3.63) is 11.6 Å². The Morgan fingerprint density at radius 2 is 1.74 bits per heavy atom. The van der Waals surface area contributed by atoms with Crippen molar-refractivity contribution in [2.75, 3.05) is 6.61 Å². The third kappa shape index (κ3) is 3.95. The Morgan fingerprint density at radius 1 is 1.09 bits per heavy atom. The van der Waals surface area contributed by atoms with Crippen molar-refractivity contribution in [2.24, 2.45) is 28.6 Å². The fourth-order valence-electron chi connectivity index (χ4n) is 8.36. The van der Waals surface area contributed by atoms with Gasteiger partial charge in [0, 0.05) is 11.3 Å². The SMILES string of the molecule is CC(O)(CO)CC[C@@H](O)[C@](C)(O)[C@H]1CC[C@@]2(O)C3=CC(=O)[C@@H]4C[C@H](O)[C@@H](O)C[C@]4(C)C3CC[C@]12C. The van der Waals surface area contributed by atoms with E-state index in [0.717, 1.165) is 0 Å². The highest BCUT2D eigenvalue weighted by Crippen LogP contribution is 2.68. The summed E-state index contributed by atoms with van der Waals surface area (Å²) in [7, 11) is 0. The summed E-state index contributed by atoms with van der Waals surface area (Å²) in [6, 6.07) is 0. The minimum atomic E-state index is -1.55. The lowest BCUT2D eigenvalue weighted by atomic mass is 9.45. The number of aliphatic hydroxyl groups excluding tert-OH is 4. The average molecular weight is 497 g/mol. The number of hydrogen-bond acceptors (Lipinski definition) is 8. The Balaban J connectivity index is 1.64. The van der Waals surface area contributed by atoms with Crippen LogP contribution in [-0.4, -0.2) is 83.3 Å². The van der Waals surface area contributed by atoms with Gasteiger partial charge in [0.1, 0.15) is 0 Å². The molecule has 0 aromatic rings. The fraction of sp³-hybridized carbons (Fsp3) is 0.889. The van der Waals surface area contributed by atoms with Gasteiger partial charge >= 0.3 is 0 Å². The second-order valence-electron chi connectivity index (χ2n) is 13.0. The van der Waals surface area contributed by atoms with E-state index in [-0.39, 0.29) is 31.0 Å². The molecule has 0 bridgehead atoms. The second kappa shape index (κ2) is 8.58. The molecule has 2 unspecified atom stereocenters. The molecule has 0 saturated heterocycles. The van der Waals surface area contributed by atoms with Crippen LogP contribution in [0.15, 0.2) is 11.6 Å². The predicted molar refractivity (Wildman–Crippen MR) is 128 cm³/mol. The van der Waals surface area contributed by atoms with E-state index in [0.29, 0.717) is 37.7 Å². The molecular formula is C27H44O8. The smallest absolute Gasteiger partial charge is 0.159 e. The highest BCUT2D eigenvalue weighted by Gasteiger charge is 2.69. The molecule has 0 aliphatic heterocycles. The van der Waals surface area contributed by atoms with E-state index in [1.54, 1.807) is 13.0 Å². The van der Waals surface area contributed by atoms with Crippen LogP contribution in [0.1, 0.15) is 79.1 Å². The van der Waals surface area contributed by atoms with Crippen molar-refractivity contribution in [3.63, 3.8) is 0 Å². The summed E-state index contributed by atoms with van der Waals surface area (Å²) >= 11 is 0. The van der Waals surface area contributed by atoms with Gasteiger partial charge in [0.25, 0.3) is 0 Å². The van der Waals surface area contributed by atoms with Crippen LogP contribution >= 0.6 is 0 Å².